The van der Waals surface area contributed by atoms with Crippen LogP contribution in [-0.4, -0.2) is 6.36 Å². The Balaban J connectivity index is 2.08. The standard InChI is InChI=1S/C13H12BrF3N2OS/c14-9-5-11(21-7-9)6-12(19-18)8-1-3-10(4-2-8)20-13(15,16)17/h1-5,7,12,19H,6,18H2. The van der Waals surface area contributed by atoms with Crippen LogP contribution in [-0.2, 0) is 6.42 Å². The Kier molecular flexibility index (Phi) is 5.26. The molecule has 3 nitrogen and oxygen atoms in total. The largest absolute Gasteiger partial charge is 0.573 e. The van der Waals surface area contributed by atoms with E-state index in [1.807, 2.05) is 11.4 Å². The molecule has 0 bridgehead atoms. The molecular weight excluding hydrogens is 369 g/mol. The number of alkyl halides is 3. The van der Waals surface area contributed by atoms with Crippen molar-refractivity contribution in [2.45, 2.75) is 18.8 Å². The van der Waals surface area contributed by atoms with Gasteiger partial charge in [0, 0.05) is 21.2 Å². The minimum Gasteiger partial charge on any atom is -0.406 e. The smallest absolute Gasteiger partial charge is 0.406 e. The topological polar surface area (TPSA) is 47.3 Å². The fourth-order valence-corrected chi connectivity index (χ4v) is 3.33. The summed E-state index contributed by atoms with van der Waals surface area (Å²) in [5, 5.41) is 1.96. The lowest BCUT2D eigenvalue weighted by atomic mass is 10.0. The third-order valence-corrected chi connectivity index (χ3v) is 4.46. The second kappa shape index (κ2) is 6.78. The lowest BCUT2D eigenvalue weighted by Crippen LogP contribution is -2.29. The predicted octanol–water partition coefficient (Wildman–Crippen LogP) is 4.16. The average Bonchev–Trinajstić information content (AvgIpc) is 2.81. The third kappa shape index (κ3) is 4.99. The Bertz CT molecular complexity index is 586. The van der Waals surface area contributed by atoms with Crippen molar-refractivity contribution < 1.29 is 17.9 Å². The van der Waals surface area contributed by atoms with Gasteiger partial charge in [-0.2, -0.15) is 0 Å². The van der Waals surface area contributed by atoms with Crippen molar-refractivity contribution >= 4 is 27.3 Å². The van der Waals surface area contributed by atoms with E-state index in [2.05, 4.69) is 26.1 Å². The van der Waals surface area contributed by atoms with Crippen molar-refractivity contribution in [2.24, 2.45) is 5.84 Å². The molecule has 1 unspecified atom stereocenters. The quantitative estimate of drug-likeness (QED) is 0.604. The summed E-state index contributed by atoms with van der Waals surface area (Å²) in [5.41, 5.74) is 3.46. The molecule has 0 saturated heterocycles. The number of ether oxygens (including phenoxy) is 1. The number of hydrogen-bond donors (Lipinski definition) is 2. The minimum absolute atomic E-state index is 0.185. The molecule has 114 valence electrons. The molecule has 1 atom stereocenters. The molecular formula is C13H12BrF3N2OS. The molecule has 8 heteroatoms. The zero-order valence-corrected chi connectivity index (χ0v) is 13.1. The molecule has 2 rings (SSSR count). The normalized spacial score (nSPS) is 13.2. The number of halogens is 4. The molecule has 0 fully saturated rings. The summed E-state index contributed by atoms with van der Waals surface area (Å²) < 4.78 is 41.1. The molecule has 3 N–H and O–H groups in total. The van der Waals surface area contributed by atoms with E-state index in [0.29, 0.717) is 6.42 Å². The summed E-state index contributed by atoms with van der Waals surface area (Å²) in [7, 11) is 0. The van der Waals surface area contributed by atoms with Crippen LogP contribution in [0.3, 0.4) is 0 Å². The first-order valence-electron chi connectivity index (χ1n) is 5.92. The summed E-state index contributed by atoms with van der Waals surface area (Å²) in [6.45, 7) is 0. The van der Waals surface area contributed by atoms with E-state index < -0.39 is 6.36 Å². The Morgan fingerprint density at radius 1 is 1.29 bits per heavy atom. The maximum absolute atomic E-state index is 12.1. The van der Waals surface area contributed by atoms with Crippen LogP contribution in [0.2, 0.25) is 0 Å². The third-order valence-electron chi connectivity index (χ3n) is 2.74. The maximum Gasteiger partial charge on any atom is 0.573 e. The van der Waals surface area contributed by atoms with Crippen LogP contribution >= 0.6 is 27.3 Å². The first-order valence-corrected chi connectivity index (χ1v) is 7.59. The number of nitrogens with one attached hydrogen (secondary N) is 1. The number of hydrazine groups is 1. The van der Waals surface area contributed by atoms with Gasteiger partial charge in [0.1, 0.15) is 5.75 Å². The highest BCUT2D eigenvalue weighted by Gasteiger charge is 2.31. The molecule has 2 aromatic rings. The van der Waals surface area contributed by atoms with Gasteiger partial charge in [0.15, 0.2) is 0 Å². The van der Waals surface area contributed by atoms with Crippen molar-refractivity contribution in [3.63, 3.8) is 0 Å². The lowest BCUT2D eigenvalue weighted by molar-refractivity contribution is -0.274. The predicted molar refractivity (Wildman–Crippen MR) is 78.9 cm³/mol. The van der Waals surface area contributed by atoms with Crippen LogP contribution in [0.25, 0.3) is 0 Å². The van der Waals surface area contributed by atoms with E-state index in [1.165, 1.54) is 12.1 Å². The van der Waals surface area contributed by atoms with Crippen molar-refractivity contribution in [1.82, 2.24) is 5.43 Å². The van der Waals surface area contributed by atoms with E-state index in [0.717, 1.165) is 14.9 Å². The van der Waals surface area contributed by atoms with Gasteiger partial charge in [-0.3, -0.25) is 11.3 Å². The molecule has 0 amide bonds. The van der Waals surface area contributed by atoms with E-state index in [-0.39, 0.29) is 11.8 Å². The van der Waals surface area contributed by atoms with Gasteiger partial charge in [-0.1, -0.05) is 12.1 Å². The van der Waals surface area contributed by atoms with Crippen molar-refractivity contribution in [1.29, 1.82) is 0 Å². The Labute approximate surface area is 132 Å². The van der Waals surface area contributed by atoms with Gasteiger partial charge in [0.25, 0.3) is 0 Å². The fourth-order valence-electron chi connectivity index (χ4n) is 1.84. The fraction of sp³-hybridized carbons (Fsp3) is 0.231. The van der Waals surface area contributed by atoms with Crippen LogP contribution in [0.15, 0.2) is 40.2 Å². The average molecular weight is 381 g/mol. The maximum atomic E-state index is 12.1. The van der Waals surface area contributed by atoms with Gasteiger partial charge in [-0.15, -0.1) is 24.5 Å². The highest BCUT2D eigenvalue weighted by atomic mass is 79.9. The molecule has 0 spiro atoms. The molecule has 1 aromatic carbocycles. The SMILES string of the molecule is NNC(Cc1cc(Br)cs1)c1ccc(OC(F)(F)F)cc1. The van der Waals surface area contributed by atoms with Gasteiger partial charge >= 0.3 is 6.36 Å². The summed E-state index contributed by atoms with van der Waals surface area (Å²) in [4.78, 5) is 1.11. The van der Waals surface area contributed by atoms with E-state index in [1.54, 1.807) is 23.5 Å². The van der Waals surface area contributed by atoms with Crippen LogP contribution in [0, 0.1) is 0 Å². The second-order valence-corrected chi connectivity index (χ2v) is 6.18. The summed E-state index contributed by atoms with van der Waals surface area (Å²) in [5.74, 6) is 5.28. The van der Waals surface area contributed by atoms with E-state index >= 15 is 0 Å². The first-order chi connectivity index (χ1) is 9.87. The molecule has 0 radical (unpaired) electrons. The monoisotopic (exact) mass is 380 g/mol. The van der Waals surface area contributed by atoms with E-state index in [9.17, 15) is 13.2 Å². The number of nitrogens with two attached hydrogens (primary N) is 1. The van der Waals surface area contributed by atoms with Gasteiger partial charge in [-0.05, 0) is 39.7 Å². The van der Waals surface area contributed by atoms with Gasteiger partial charge in [0.05, 0.1) is 6.04 Å². The van der Waals surface area contributed by atoms with Crippen LogP contribution in [0.1, 0.15) is 16.5 Å². The Morgan fingerprint density at radius 3 is 2.43 bits per heavy atom. The van der Waals surface area contributed by atoms with Crippen LogP contribution in [0.5, 0.6) is 5.75 Å². The minimum atomic E-state index is -4.68. The van der Waals surface area contributed by atoms with Gasteiger partial charge in [-0.25, -0.2) is 0 Å². The zero-order valence-electron chi connectivity index (χ0n) is 10.7. The van der Waals surface area contributed by atoms with Crippen molar-refractivity contribution in [3.05, 3.63) is 50.6 Å². The van der Waals surface area contributed by atoms with E-state index in [4.69, 9.17) is 5.84 Å². The number of hydrogen-bond acceptors (Lipinski definition) is 4. The second-order valence-electron chi connectivity index (χ2n) is 4.27. The number of thiophene rings is 1. The Hall–Kier alpha value is -1.09. The number of benzene rings is 1. The lowest BCUT2D eigenvalue weighted by Gasteiger charge is -2.16. The number of rotatable bonds is 5. The molecule has 1 aromatic heterocycles. The highest BCUT2D eigenvalue weighted by molar-refractivity contribution is 9.10. The highest BCUT2D eigenvalue weighted by Crippen LogP contribution is 2.27. The molecule has 0 aliphatic rings. The van der Waals surface area contributed by atoms with Gasteiger partial charge in [0.2, 0.25) is 0 Å². The molecule has 0 saturated carbocycles. The van der Waals surface area contributed by atoms with Crippen molar-refractivity contribution in [3.8, 4) is 5.75 Å². The molecule has 0 aliphatic heterocycles. The van der Waals surface area contributed by atoms with Crippen LogP contribution < -0.4 is 16.0 Å². The van der Waals surface area contributed by atoms with Crippen LogP contribution in [0.4, 0.5) is 13.2 Å². The zero-order chi connectivity index (χ0) is 15.5. The summed E-state index contributed by atoms with van der Waals surface area (Å²) in [6.07, 6.45) is -4.04. The Morgan fingerprint density at radius 2 is 1.95 bits per heavy atom. The summed E-state index contributed by atoms with van der Waals surface area (Å²) >= 11 is 4.96. The van der Waals surface area contributed by atoms with Gasteiger partial charge < -0.3 is 4.74 Å². The molecule has 21 heavy (non-hydrogen) atoms. The molecule has 0 aliphatic carbocycles. The summed E-state index contributed by atoms with van der Waals surface area (Å²) in [6, 6.07) is 7.48. The molecule has 1 heterocycles. The van der Waals surface area contributed by atoms with Crippen molar-refractivity contribution in [2.75, 3.05) is 0 Å². The first kappa shape index (κ1) is 16.3.